The van der Waals surface area contributed by atoms with Gasteiger partial charge in [0.1, 0.15) is 11.2 Å². The van der Waals surface area contributed by atoms with Gasteiger partial charge in [-0.25, -0.2) is 15.0 Å². The Kier molecular flexibility index (Phi) is 7.91. The monoisotopic (exact) mass is 840 g/mol. The molecule has 0 unspecified atom stereocenters. The Morgan fingerprint density at radius 2 is 0.848 bits per heavy atom. The number of para-hydroxylation sites is 2. The highest BCUT2D eigenvalue weighted by atomic mass is 16.3. The van der Waals surface area contributed by atoms with Crippen molar-refractivity contribution in [3.63, 3.8) is 0 Å². The lowest BCUT2D eigenvalue weighted by molar-refractivity contribution is 0.669. The molecule has 0 aliphatic carbocycles. The van der Waals surface area contributed by atoms with Gasteiger partial charge in [0, 0.05) is 43.8 Å². The summed E-state index contributed by atoms with van der Waals surface area (Å²) in [7, 11) is 0. The van der Waals surface area contributed by atoms with Gasteiger partial charge in [-0.1, -0.05) is 164 Å². The molecule has 306 valence electrons. The van der Waals surface area contributed by atoms with Crippen molar-refractivity contribution < 1.29 is 4.42 Å². The molecule has 5 nitrogen and oxygen atoms in total. The third-order valence-electron chi connectivity index (χ3n) is 13.4. The standard InChI is InChI=1S/C61H36N4O/c1-2-15-37(16-3-1)59-62-60(40-29-31-46-44-21-7-6-19-42(44)43-20-8-9-22-45(43)50(46)34-40)64-61(63-59)41-30-32-54(52(35-41)48-25-14-28-57-58(48)49-24-11-13-27-56(49)66-57)65-53-26-12-10-23-47(53)51-33-38-17-4-5-18-39(38)36-55(51)65/h1-36H. The van der Waals surface area contributed by atoms with Crippen molar-refractivity contribution in [1.82, 2.24) is 19.5 Å². The molecule has 0 saturated heterocycles. The molecule has 0 spiro atoms. The molecule has 0 amide bonds. The first-order valence-corrected chi connectivity index (χ1v) is 22.3. The normalized spacial score (nSPS) is 11.9. The quantitative estimate of drug-likeness (QED) is 0.162. The lowest BCUT2D eigenvalue weighted by Gasteiger charge is -2.17. The summed E-state index contributed by atoms with van der Waals surface area (Å²) >= 11 is 0. The fourth-order valence-electron chi connectivity index (χ4n) is 10.4. The molecular formula is C61H36N4O. The smallest absolute Gasteiger partial charge is 0.164 e. The predicted octanol–water partition coefficient (Wildman–Crippen LogP) is 16.1. The van der Waals surface area contributed by atoms with Gasteiger partial charge in [-0.05, 0) is 103 Å². The van der Waals surface area contributed by atoms with Gasteiger partial charge in [-0.15, -0.1) is 0 Å². The van der Waals surface area contributed by atoms with Gasteiger partial charge in [-0.3, -0.25) is 0 Å². The first kappa shape index (κ1) is 36.5. The Balaban J connectivity index is 1.05. The molecule has 0 atom stereocenters. The fraction of sp³-hybridized carbons (Fsp3) is 0. The van der Waals surface area contributed by atoms with Crippen LogP contribution in [0.5, 0.6) is 0 Å². The summed E-state index contributed by atoms with van der Waals surface area (Å²) in [4.78, 5) is 15.8. The number of aromatic nitrogens is 4. The maximum atomic E-state index is 6.52. The Labute approximate surface area is 378 Å². The minimum atomic E-state index is 0.590. The molecule has 0 aliphatic heterocycles. The summed E-state index contributed by atoms with van der Waals surface area (Å²) in [5.41, 5.74) is 9.82. The molecule has 0 fully saturated rings. The van der Waals surface area contributed by atoms with Crippen LogP contribution in [0, 0.1) is 0 Å². The average Bonchev–Trinajstić information content (AvgIpc) is 3.93. The van der Waals surface area contributed by atoms with Gasteiger partial charge in [0.15, 0.2) is 17.5 Å². The Bertz CT molecular complexity index is 4260. The molecule has 0 bridgehead atoms. The Hall–Kier alpha value is -8.93. The number of hydrogen-bond acceptors (Lipinski definition) is 4. The van der Waals surface area contributed by atoms with E-state index in [0.29, 0.717) is 17.5 Å². The van der Waals surface area contributed by atoms with E-state index in [2.05, 4.69) is 193 Å². The van der Waals surface area contributed by atoms with Crippen LogP contribution in [-0.4, -0.2) is 19.5 Å². The largest absolute Gasteiger partial charge is 0.456 e. The van der Waals surface area contributed by atoms with E-state index in [1.54, 1.807) is 0 Å². The fourth-order valence-corrected chi connectivity index (χ4v) is 10.4. The van der Waals surface area contributed by atoms with Crippen LogP contribution in [0.2, 0.25) is 0 Å². The van der Waals surface area contributed by atoms with E-state index in [9.17, 15) is 0 Å². The van der Waals surface area contributed by atoms with Crippen LogP contribution in [0.15, 0.2) is 223 Å². The van der Waals surface area contributed by atoms with Gasteiger partial charge >= 0.3 is 0 Å². The molecule has 3 aromatic heterocycles. The topological polar surface area (TPSA) is 56.7 Å². The van der Waals surface area contributed by atoms with Crippen molar-refractivity contribution in [1.29, 1.82) is 0 Å². The summed E-state index contributed by atoms with van der Waals surface area (Å²) in [5.74, 6) is 1.82. The molecule has 0 saturated carbocycles. The van der Waals surface area contributed by atoms with Crippen LogP contribution >= 0.6 is 0 Å². The van der Waals surface area contributed by atoms with Crippen molar-refractivity contribution in [3.05, 3.63) is 218 Å². The average molecular weight is 841 g/mol. The zero-order valence-corrected chi connectivity index (χ0v) is 35.5. The molecule has 0 aliphatic rings. The minimum Gasteiger partial charge on any atom is -0.456 e. The highest BCUT2D eigenvalue weighted by Crippen LogP contribution is 2.44. The number of benzene rings is 11. The van der Waals surface area contributed by atoms with E-state index >= 15 is 0 Å². The van der Waals surface area contributed by atoms with Crippen molar-refractivity contribution in [2.75, 3.05) is 0 Å². The summed E-state index contributed by atoms with van der Waals surface area (Å²) in [5, 5.41) is 14.2. The first-order valence-electron chi connectivity index (χ1n) is 22.3. The number of furan rings is 1. The second kappa shape index (κ2) is 14.3. The zero-order chi connectivity index (χ0) is 43.3. The summed E-state index contributed by atoms with van der Waals surface area (Å²) in [6.45, 7) is 0. The van der Waals surface area contributed by atoms with Gasteiger partial charge in [0.25, 0.3) is 0 Å². The van der Waals surface area contributed by atoms with Gasteiger partial charge in [0.2, 0.25) is 0 Å². The van der Waals surface area contributed by atoms with E-state index in [1.165, 1.54) is 48.5 Å². The number of fused-ring (bicyclic) bond motifs is 13. The Morgan fingerprint density at radius 1 is 0.303 bits per heavy atom. The van der Waals surface area contributed by atoms with Gasteiger partial charge < -0.3 is 8.98 Å². The van der Waals surface area contributed by atoms with Crippen LogP contribution in [-0.2, 0) is 0 Å². The number of nitrogens with zero attached hydrogens (tertiary/aromatic N) is 4. The van der Waals surface area contributed by atoms with E-state index in [4.69, 9.17) is 19.4 Å². The molecule has 14 aromatic rings. The predicted molar refractivity (Wildman–Crippen MR) is 273 cm³/mol. The molecule has 11 aromatic carbocycles. The number of hydrogen-bond donors (Lipinski definition) is 0. The van der Waals surface area contributed by atoms with Crippen molar-refractivity contribution in [3.8, 4) is 51.0 Å². The lowest BCUT2D eigenvalue weighted by Crippen LogP contribution is -2.02. The highest BCUT2D eigenvalue weighted by Gasteiger charge is 2.22. The molecule has 14 rings (SSSR count). The van der Waals surface area contributed by atoms with Gasteiger partial charge in [-0.2, -0.15) is 0 Å². The maximum Gasteiger partial charge on any atom is 0.164 e. The third-order valence-corrected chi connectivity index (χ3v) is 13.4. The van der Waals surface area contributed by atoms with Gasteiger partial charge in [0.05, 0.1) is 16.7 Å². The summed E-state index contributed by atoms with van der Waals surface area (Å²) in [6, 6.07) is 77.5. The maximum absolute atomic E-state index is 6.52. The molecule has 3 heterocycles. The SMILES string of the molecule is c1ccc(-c2nc(-c3ccc(-n4c5ccccc5c5cc6ccccc6cc54)c(-c4cccc5oc6ccccc6c45)c3)nc(-c3ccc4c5ccccc5c5ccccc5c4c3)n2)cc1. The molecular weight excluding hydrogens is 805 g/mol. The van der Waals surface area contributed by atoms with Crippen LogP contribution in [0.25, 0.3) is 138 Å². The van der Waals surface area contributed by atoms with E-state index < -0.39 is 0 Å². The number of rotatable bonds is 5. The second-order valence-corrected chi connectivity index (χ2v) is 17.1. The Morgan fingerprint density at radius 3 is 1.59 bits per heavy atom. The van der Waals surface area contributed by atoms with Crippen molar-refractivity contribution in [2.45, 2.75) is 0 Å². The summed E-state index contributed by atoms with van der Waals surface area (Å²) < 4.78 is 8.94. The molecule has 66 heavy (non-hydrogen) atoms. The van der Waals surface area contributed by atoms with Crippen molar-refractivity contribution >= 4 is 86.8 Å². The van der Waals surface area contributed by atoms with Crippen LogP contribution < -0.4 is 0 Å². The zero-order valence-electron chi connectivity index (χ0n) is 35.5. The summed E-state index contributed by atoms with van der Waals surface area (Å²) in [6.07, 6.45) is 0. The lowest BCUT2D eigenvalue weighted by atomic mass is 9.93. The van der Waals surface area contributed by atoms with E-state index in [1.807, 2.05) is 30.3 Å². The molecule has 0 radical (unpaired) electrons. The second-order valence-electron chi connectivity index (χ2n) is 17.1. The van der Waals surface area contributed by atoms with E-state index in [0.717, 1.165) is 71.9 Å². The third kappa shape index (κ3) is 5.57. The van der Waals surface area contributed by atoms with Crippen LogP contribution in [0.1, 0.15) is 0 Å². The molecule has 0 N–H and O–H groups in total. The molecule has 5 heteroatoms. The minimum absolute atomic E-state index is 0.590. The highest BCUT2D eigenvalue weighted by molar-refractivity contribution is 6.26. The first-order chi connectivity index (χ1) is 32.7. The van der Waals surface area contributed by atoms with Crippen LogP contribution in [0.4, 0.5) is 0 Å². The van der Waals surface area contributed by atoms with Crippen LogP contribution in [0.3, 0.4) is 0 Å². The van der Waals surface area contributed by atoms with E-state index in [-0.39, 0.29) is 0 Å². The van der Waals surface area contributed by atoms with Crippen molar-refractivity contribution in [2.24, 2.45) is 0 Å².